The summed E-state index contributed by atoms with van der Waals surface area (Å²) < 4.78 is 0.583. The first-order chi connectivity index (χ1) is 4.56. The van der Waals surface area contributed by atoms with E-state index in [4.69, 9.17) is 6.42 Å². The Labute approximate surface area is 62.6 Å². The van der Waals surface area contributed by atoms with Gasteiger partial charge in [0.2, 0.25) is 0 Å². The normalized spacial score (nSPS) is 7.80. The highest BCUT2D eigenvalue weighted by molar-refractivity contribution is 5.32. The van der Waals surface area contributed by atoms with Gasteiger partial charge in [-0.3, -0.25) is 4.48 Å². The van der Waals surface area contributed by atoms with Crippen molar-refractivity contribution in [2.45, 2.75) is 0 Å². The molecule has 0 aliphatic rings. The molecule has 0 spiro atoms. The zero-order valence-corrected chi connectivity index (χ0v) is 6.52. The Kier molecular flexibility index (Phi) is 3.13. The summed E-state index contributed by atoms with van der Waals surface area (Å²) in [6, 6.07) is 2.88. The molecule has 0 amide bonds. The molecule has 10 heavy (non-hydrogen) atoms. The Hall–Kier alpha value is -1.36. The zero-order chi connectivity index (χ0) is 8.04. The van der Waals surface area contributed by atoms with E-state index in [0.717, 1.165) is 0 Å². The van der Waals surface area contributed by atoms with Gasteiger partial charge in [-0.25, -0.2) is 0 Å². The Bertz CT molecular complexity index is 252. The predicted octanol–water partition coefficient (Wildman–Crippen LogP) is 0.290. The van der Waals surface area contributed by atoms with Crippen molar-refractivity contribution in [3.63, 3.8) is 0 Å². The van der Waals surface area contributed by atoms with Gasteiger partial charge in [0.05, 0.1) is 27.1 Å². The molecule has 1 nitrogen and oxygen atoms in total. The monoisotopic (exact) mass is 132 g/mol. The molecule has 0 saturated carbocycles. The van der Waals surface area contributed by atoms with Gasteiger partial charge < -0.3 is 0 Å². The van der Waals surface area contributed by atoms with Crippen LogP contribution in [0.1, 0.15) is 0 Å². The topological polar surface area (TPSA) is 0 Å². The molecule has 0 aliphatic heterocycles. The largest absolute Gasteiger partial charge is 0.253 e. The van der Waals surface area contributed by atoms with Crippen molar-refractivity contribution >= 4 is 0 Å². The second-order valence-electron chi connectivity index (χ2n) is 2.64. The molecule has 0 atom stereocenters. The average molecular weight is 132 g/mol. The molecular weight excluding hydrogens is 122 g/mol. The van der Waals surface area contributed by atoms with Crippen molar-refractivity contribution < 1.29 is 4.48 Å². The lowest BCUT2D eigenvalue weighted by atomic mass is 10.5. The fourth-order valence-electron chi connectivity index (χ4n) is 0.263. The molecule has 0 aromatic heterocycles. The van der Waals surface area contributed by atoms with Crippen molar-refractivity contribution in [1.29, 1.82) is 0 Å². The van der Waals surface area contributed by atoms with Crippen LogP contribution in [0.5, 0.6) is 0 Å². The molecule has 0 aliphatic carbocycles. The van der Waals surface area contributed by atoms with Gasteiger partial charge in [-0.15, -0.1) is 6.42 Å². The van der Waals surface area contributed by atoms with Crippen LogP contribution >= 0.6 is 0 Å². The Morgan fingerprint density at radius 1 is 1.00 bits per heavy atom. The van der Waals surface area contributed by atoms with E-state index >= 15 is 0 Å². The van der Waals surface area contributed by atoms with Crippen LogP contribution in [0.4, 0.5) is 0 Å². The maximum absolute atomic E-state index is 4.88. The molecule has 50 valence electrons. The molecule has 0 aromatic carbocycles. The second kappa shape index (κ2) is 3.62. The predicted molar refractivity (Wildman–Crippen MR) is 42.4 cm³/mol. The van der Waals surface area contributed by atoms with Crippen molar-refractivity contribution in [2.24, 2.45) is 0 Å². The number of nitrogens with zero attached hydrogens (tertiary/aromatic N) is 1. The highest BCUT2D eigenvalue weighted by atomic mass is 15.3. The van der Waals surface area contributed by atoms with Crippen molar-refractivity contribution in [3.8, 4) is 36.1 Å². The molecule has 0 saturated heterocycles. The van der Waals surface area contributed by atoms with Gasteiger partial charge in [-0.05, 0) is 11.8 Å². The molecular formula is C9H10N+. The van der Waals surface area contributed by atoms with Crippen LogP contribution in [-0.4, -0.2) is 25.6 Å². The third kappa shape index (κ3) is 6.64. The summed E-state index contributed by atoms with van der Waals surface area (Å²) in [5.41, 5.74) is 0. The molecule has 0 rings (SSSR count). The van der Waals surface area contributed by atoms with Crippen molar-refractivity contribution in [3.05, 3.63) is 0 Å². The van der Waals surface area contributed by atoms with Gasteiger partial charge in [0.1, 0.15) is 0 Å². The summed E-state index contributed by atoms with van der Waals surface area (Å²) in [6.45, 7) is 0. The van der Waals surface area contributed by atoms with E-state index in [1.807, 2.05) is 21.1 Å². The lowest BCUT2D eigenvalue weighted by molar-refractivity contribution is -0.800. The summed E-state index contributed by atoms with van der Waals surface area (Å²) in [6.07, 6.45) is 4.88. The Morgan fingerprint density at radius 3 is 2.00 bits per heavy atom. The van der Waals surface area contributed by atoms with Crippen LogP contribution < -0.4 is 0 Å². The van der Waals surface area contributed by atoms with E-state index < -0.39 is 0 Å². The zero-order valence-electron chi connectivity index (χ0n) is 6.52. The van der Waals surface area contributed by atoms with Crippen LogP contribution in [-0.2, 0) is 0 Å². The van der Waals surface area contributed by atoms with E-state index in [1.54, 1.807) is 0 Å². The van der Waals surface area contributed by atoms with Crippen molar-refractivity contribution in [2.75, 3.05) is 21.1 Å². The highest BCUT2D eigenvalue weighted by Gasteiger charge is 1.97. The number of rotatable bonds is 0. The third-order valence-corrected chi connectivity index (χ3v) is 0.588. The van der Waals surface area contributed by atoms with Gasteiger partial charge in [0.15, 0.2) is 6.04 Å². The van der Waals surface area contributed by atoms with E-state index in [1.165, 1.54) is 0 Å². The molecule has 0 N–H and O–H groups in total. The van der Waals surface area contributed by atoms with E-state index in [-0.39, 0.29) is 0 Å². The highest BCUT2D eigenvalue weighted by Crippen LogP contribution is 1.81. The smallest absolute Gasteiger partial charge is 0.150 e. The first-order valence-electron chi connectivity index (χ1n) is 2.85. The maximum Gasteiger partial charge on any atom is 0.150 e. The van der Waals surface area contributed by atoms with E-state index in [2.05, 4.69) is 29.7 Å². The Morgan fingerprint density at radius 2 is 1.60 bits per heavy atom. The number of hydrogen-bond acceptors (Lipinski definition) is 0. The first-order valence-corrected chi connectivity index (χ1v) is 2.85. The lowest BCUT2D eigenvalue weighted by Gasteiger charge is -2.11. The minimum atomic E-state index is 0.583. The Balaban J connectivity index is 4.10. The standard InChI is InChI=1S/C9H10N/c1-5-6-7-8-9-10(2,3)4/h1H,2-4H3/q+1. The van der Waals surface area contributed by atoms with Crippen LogP contribution in [0.15, 0.2) is 0 Å². The summed E-state index contributed by atoms with van der Waals surface area (Å²) in [5.74, 6) is 9.77. The number of quaternary nitrogens is 1. The number of terminal acetylenes is 1. The third-order valence-electron chi connectivity index (χ3n) is 0.588. The van der Waals surface area contributed by atoms with Crippen LogP contribution in [0.3, 0.4) is 0 Å². The maximum atomic E-state index is 4.88. The summed E-state index contributed by atoms with van der Waals surface area (Å²) >= 11 is 0. The minimum Gasteiger partial charge on any atom is -0.253 e. The van der Waals surface area contributed by atoms with Gasteiger partial charge >= 0.3 is 0 Å². The average Bonchev–Trinajstić information content (AvgIpc) is 1.78. The first kappa shape index (κ1) is 8.64. The molecule has 0 unspecified atom stereocenters. The lowest BCUT2D eigenvalue weighted by Crippen LogP contribution is -2.27. The fraction of sp³-hybridized carbons (Fsp3) is 0.333. The quantitative estimate of drug-likeness (QED) is 0.328. The van der Waals surface area contributed by atoms with Crippen LogP contribution in [0.25, 0.3) is 0 Å². The van der Waals surface area contributed by atoms with Crippen LogP contribution in [0.2, 0.25) is 0 Å². The molecule has 0 aromatic rings. The molecule has 0 heterocycles. The second-order valence-corrected chi connectivity index (χ2v) is 2.64. The van der Waals surface area contributed by atoms with E-state index in [0.29, 0.717) is 4.48 Å². The molecule has 1 heteroatoms. The fourth-order valence-corrected chi connectivity index (χ4v) is 0.263. The molecule has 0 bridgehead atoms. The van der Waals surface area contributed by atoms with Crippen molar-refractivity contribution in [1.82, 2.24) is 0 Å². The van der Waals surface area contributed by atoms with E-state index in [9.17, 15) is 0 Å². The van der Waals surface area contributed by atoms with Gasteiger partial charge in [0, 0.05) is 5.92 Å². The van der Waals surface area contributed by atoms with Crippen LogP contribution in [0, 0.1) is 36.1 Å². The van der Waals surface area contributed by atoms with Gasteiger partial charge in [0.25, 0.3) is 0 Å². The number of hydrogen-bond donors (Lipinski definition) is 0. The SMILES string of the molecule is C#CC#CC#C[N+](C)(C)C. The molecule has 0 radical (unpaired) electrons. The molecule has 0 fully saturated rings. The summed E-state index contributed by atoms with van der Waals surface area (Å²) in [7, 11) is 5.89. The van der Waals surface area contributed by atoms with Gasteiger partial charge in [-0.1, -0.05) is 0 Å². The van der Waals surface area contributed by atoms with Gasteiger partial charge in [-0.2, -0.15) is 0 Å². The summed E-state index contributed by atoms with van der Waals surface area (Å²) in [5, 5.41) is 0. The summed E-state index contributed by atoms with van der Waals surface area (Å²) in [4.78, 5) is 0. The minimum absolute atomic E-state index is 0.583.